The Morgan fingerprint density at radius 1 is 1.35 bits per heavy atom. The lowest BCUT2D eigenvalue weighted by Crippen LogP contribution is -2.43. The van der Waals surface area contributed by atoms with Crippen LogP contribution in [0.5, 0.6) is 0 Å². The Labute approximate surface area is 104 Å². The third-order valence-corrected chi connectivity index (χ3v) is 3.93. The molecule has 0 amide bonds. The fraction of sp³-hybridized carbons (Fsp3) is 0.857. The summed E-state index contributed by atoms with van der Waals surface area (Å²) in [6.45, 7) is 4.21. The Morgan fingerprint density at radius 2 is 1.94 bits per heavy atom. The van der Waals surface area contributed by atoms with Gasteiger partial charge in [-0.05, 0) is 25.7 Å². The predicted molar refractivity (Wildman–Crippen MR) is 66.6 cm³/mol. The maximum atomic E-state index is 12.5. The van der Waals surface area contributed by atoms with E-state index in [1.54, 1.807) is 0 Å². The van der Waals surface area contributed by atoms with Gasteiger partial charge in [-0.1, -0.05) is 33.1 Å². The quantitative estimate of drug-likeness (QED) is 0.548. The lowest BCUT2D eigenvalue weighted by molar-refractivity contribution is -0.155. The van der Waals surface area contributed by atoms with Crippen LogP contribution in [0.4, 0.5) is 0 Å². The lowest BCUT2D eigenvalue weighted by Gasteiger charge is -2.38. The van der Waals surface area contributed by atoms with Gasteiger partial charge in [-0.15, -0.1) is 0 Å². The van der Waals surface area contributed by atoms with E-state index in [1.807, 2.05) is 0 Å². The molecule has 0 spiro atoms. The van der Waals surface area contributed by atoms with E-state index in [1.165, 1.54) is 7.11 Å². The summed E-state index contributed by atoms with van der Waals surface area (Å²) < 4.78 is 4.75. The van der Waals surface area contributed by atoms with Crippen molar-refractivity contribution in [2.24, 2.45) is 11.3 Å². The number of ketones is 1. The largest absolute Gasteiger partial charge is 0.468 e. The van der Waals surface area contributed by atoms with Crippen LogP contribution >= 0.6 is 0 Å². The molecule has 1 aliphatic carbocycles. The Balaban J connectivity index is 2.89. The molecule has 0 saturated heterocycles. The molecule has 0 heterocycles. The minimum absolute atomic E-state index is 0.138. The van der Waals surface area contributed by atoms with Gasteiger partial charge in [-0.3, -0.25) is 9.59 Å². The van der Waals surface area contributed by atoms with Crippen LogP contribution in [-0.4, -0.2) is 18.9 Å². The summed E-state index contributed by atoms with van der Waals surface area (Å²) in [6, 6.07) is 0. The first-order chi connectivity index (χ1) is 8.11. The molecule has 0 aromatic carbocycles. The highest BCUT2D eigenvalue weighted by molar-refractivity contribution is 6.02. The molecule has 3 nitrogen and oxygen atoms in total. The van der Waals surface area contributed by atoms with Gasteiger partial charge in [-0.25, -0.2) is 0 Å². The number of rotatable bonds is 5. The standard InChI is InChI=1S/C14H24O3/c1-4-8-14(9-5-2)10-6-7-11(12(14)15)13(16)17-3/h11H,4-10H2,1-3H3/t11-/m1/s1. The minimum atomic E-state index is -0.508. The molecule has 3 heteroatoms. The van der Waals surface area contributed by atoms with Gasteiger partial charge in [0.25, 0.3) is 0 Å². The van der Waals surface area contributed by atoms with Crippen molar-refractivity contribution in [3.8, 4) is 0 Å². The molecule has 0 N–H and O–H groups in total. The lowest BCUT2D eigenvalue weighted by atomic mass is 9.64. The van der Waals surface area contributed by atoms with Crippen molar-refractivity contribution in [2.45, 2.75) is 58.8 Å². The van der Waals surface area contributed by atoms with Crippen molar-refractivity contribution in [2.75, 3.05) is 7.11 Å². The van der Waals surface area contributed by atoms with Gasteiger partial charge in [0.15, 0.2) is 5.78 Å². The molecule has 98 valence electrons. The van der Waals surface area contributed by atoms with Crippen LogP contribution in [0.25, 0.3) is 0 Å². The van der Waals surface area contributed by atoms with Crippen molar-refractivity contribution in [3.63, 3.8) is 0 Å². The van der Waals surface area contributed by atoms with E-state index in [-0.39, 0.29) is 17.2 Å². The Bertz CT molecular complexity index is 272. The van der Waals surface area contributed by atoms with E-state index in [0.29, 0.717) is 6.42 Å². The molecule has 1 saturated carbocycles. The molecule has 0 unspecified atom stereocenters. The van der Waals surface area contributed by atoms with Crippen molar-refractivity contribution in [1.82, 2.24) is 0 Å². The van der Waals surface area contributed by atoms with E-state index < -0.39 is 5.92 Å². The zero-order chi connectivity index (χ0) is 12.9. The second kappa shape index (κ2) is 6.18. The Hall–Kier alpha value is -0.860. The first-order valence-electron chi connectivity index (χ1n) is 6.73. The highest BCUT2D eigenvalue weighted by Gasteiger charge is 2.46. The van der Waals surface area contributed by atoms with Crippen LogP contribution in [0.1, 0.15) is 58.8 Å². The number of Topliss-reactive ketones (excluding diaryl/α,β-unsaturated/α-hetero) is 1. The Kier molecular flexibility index (Phi) is 5.16. The third kappa shape index (κ3) is 2.88. The summed E-state index contributed by atoms with van der Waals surface area (Å²) in [5, 5.41) is 0. The first kappa shape index (κ1) is 14.2. The van der Waals surface area contributed by atoms with E-state index >= 15 is 0 Å². The molecule has 0 aromatic rings. The maximum Gasteiger partial charge on any atom is 0.316 e. The van der Waals surface area contributed by atoms with Crippen LogP contribution in [0.2, 0.25) is 0 Å². The Morgan fingerprint density at radius 3 is 2.41 bits per heavy atom. The van der Waals surface area contributed by atoms with Crippen LogP contribution in [0.3, 0.4) is 0 Å². The van der Waals surface area contributed by atoms with Gasteiger partial charge in [0.05, 0.1) is 7.11 Å². The van der Waals surface area contributed by atoms with Crippen molar-refractivity contribution in [1.29, 1.82) is 0 Å². The van der Waals surface area contributed by atoms with Crippen LogP contribution in [-0.2, 0) is 14.3 Å². The topological polar surface area (TPSA) is 43.4 Å². The normalized spacial score (nSPS) is 23.5. The molecule has 17 heavy (non-hydrogen) atoms. The molecule has 1 aliphatic rings. The summed E-state index contributed by atoms with van der Waals surface area (Å²) >= 11 is 0. The fourth-order valence-corrected chi connectivity index (χ4v) is 3.21. The van der Waals surface area contributed by atoms with E-state index in [0.717, 1.165) is 38.5 Å². The fourth-order valence-electron chi connectivity index (χ4n) is 3.21. The molecular formula is C14H24O3. The SMILES string of the molecule is CCCC1(CCC)CCC[C@@H](C(=O)OC)C1=O. The van der Waals surface area contributed by atoms with Crippen LogP contribution in [0.15, 0.2) is 0 Å². The van der Waals surface area contributed by atoms with Gasteiger partial charge < -0.3 is 4.74 Å². The molecule has 1 fully saturated rings. The summed E-state index contributed by atoms with van der Waals surface area (Å²) in [4.78, 5) is 24.2. The van der Waals surface area contributed by atoms with Crippen molar-refractivity contribution in [3.05, 3.63) is 0 Å². The van der Waals surface area contributed by atoms with Crippen LogP contribution in [0, 0.1) is 11.3 Å². The smallest absolute Gasteiger partial charge is 0.316 e. The van der Waals surface area contributed by atoms with E-state index in [9.17, 15) is 9.59 Å². The summed E-state index contributed by atoms with van der Waals surface area (Å²) in [6.07, 6.45) is 6.40. The van der Waals surface area contributed by atoms with Crippen molar-refractivity contribution >= 4 is 11.8 Å². The van der Waals surface area contributed by atoms with Crippen LogP contribution < -0.4 is 0 Å². The molecular weight excluding hydrogens is 216 g/mol. The van der Waals surface area contributed by atoms with E-state index in [2.05, 4.69) is 13.8 Å². The van der Waals surface area contributed by atoms with Gasteiger partial charge in [0.1, 0.15) is 5.92 Å². The maximum absolute atomic E-state index is 12.5. The molecule has 0 aromatic heterocycles. The molecule has 0 radical (unpaired) electrons. The monoisotopic (exact) mass is 240 g/mol. The number of carbonyl (C=O) groups is 2. The minimum Gasteiger partial charge on any atom is -0.468 e. The predicted octanol–water partition coefficient (Wildman–Crippen LogP) is 3.12. The summed E-state index contributed by atoms with van der Waals surface area (Å²) in [5.74, 6) is -0.711. The molecule has 1 rings (SSSR count). The summed E-state index contributed by atoms with van der Waals surface area (Å²) in [7, 11) is 1.37. The summed E-state index contributed by atoms with van der Waals surface area (Å²) in [5.41, 5.74) is -0.249. The van der Waals surface area contributed by atoms with Gasteiger partial charge in [0.2, 0.25) is 0 Å². The molecule has 0 aliphatic heterocycles. The molecule has 1 atom stereocenters. The number of hydrogen-bond donors (Lipinski definition) is 0. The van der Waals surface area contributed by atoms with Gasteiger partial charge in [-0.2, -0.15) is 0 Å². The highest BCUT2D eigenvalue weighted by Crippen LogP contribution is 2.43. The number of ether oxygens (including phenoxy) is 1. The zero-order valence-electron chi connectivity index (χ0n) is 11.3. The third-order valence-electron chi connectivity index (χ3n) is 3.93. The van der Waals surface area contributed by atoms with Gasteiger partial charge in [0, 0.05) is 5.41 Å². The number of methoxy groups -OCH3 is 1. The number of carbonyl (C=O) groups excluding carboxylic acids is 2. The molecule has 0 bridgehead atoms. The highest BCUT2D eigenvalue weighted by atomic mass is 16.5. The van der Waals surface area contributed by atoms with Crippen molar-refractivity contribution < 1.29 is 14.3 Å². The second-order valence-electron chi connectivity index (χ2n) is 5.11. The second-order valence-corrected chi connectivity index (χ2v) is 5.11. The average Bonchev–Trinajstić information content (AvgIpc) is 2.32. The average molecular weight is 240 g/mol. The van der Waals surface area contributed by atoms with Gasteiger partial charge >= 0.3 is 5.97 Å². The first-order valence-corrected chi connectivity index (χ1v) is 6.73. The number of hydrogen-bond acceptors (Lipinski definition) is 3. The number of esters is 1. The zero-order valence-corrected chi connectivity index (χ0v) is 11.3. The van der Waals surface area contributed by atoms with E-state index in [4.69, 9.17) is 4.74 Å².